The van der Waals surface area contributed by atoms with E-state index in [0.29, 0.717) is 13.1 Å². The van der Waals surface area contributed by atoms with E-state index >= 15 is 0 Å². The van der Waals surface area contributed by atoms with Crippen LogP contribution in [0.4, 0.5) is 4.39 Å². The predicted octanol–water partition coefficient (Wildman–Crippen LogP) is 3.80. The number of halogens is 1. The molecule has 0 radical (unpaired) electrons. The van der Waals surface area contributed by atoms with Crippen LogP contribution in [0.5, 0.6) is 11.5 Å². The Kier molecular flexibility index (Phi) is 8.08. The molecule has 2 aromatic rings. The van der Waals surface area contributed by atoms with Gasteiger partial charge in [-0.1, -0.05) is 24.3 Å². The van der Waals surface area contributed by atoms with Gasteiger partial charge in [0.2, 0.25) is 5.91 Å². The summed E-state index contributed by atoms with van der Waals surface area (Å²) in [6, 6.07) is 12.8. The van der Waals surface area contributed by atoms with E-state index in [9.17, 15) is 9.18 Å². The number of hydrogen-bond acceptors (Lipinski definition) is 4. The van der Waals surface area contributed by atoms with E-state index < -0.39 is 0 Å². The number of amides is 1. The summed E-state index contributed by atoms with van der Waals surface area (Å²) in [6.45, 7) is 2.89. The quantitative estimate of drug-likeness (QED) is 0.634. The van der Waals surface area contributed by atoms with Crippen molar-refractivity contribution in [2.45, 2.75) is 32.2 Å². The molecule has 0 saturated carbocycles. The maximum absolute atomic E-state index is 13.8. The largest absolute Gasteiger partial charge is 0.493 e. The molecule has 5 nitrogen and oxygen atoms in total. The van der Waals surface area contributed by atoms with Gasteiger partial charge in [0.25, 0.3) is 0 Å². The highest BCUT2D eigenvalue weighted by Gasteiger charge is 2.25. The zero-order valence-electron chi connectivity index (χ0n) is 17.8. The Morgan fingerprint density at radius 1 is 1.10 bits per heavy atom. The summed E-state index contributed by atoms with van der Waals surface area (Å²) >= 11 is 0. The first kappa shape index (κ1) is 22.1. The number of nitrogens with one attached hydrogen (secondary N) is 1. The van der Waals surface area contributed by atoms with Crippen molar-refractivity contribution in [1.29, 1.82) is 0 Å². The number of rotatable bonds is 9. The Hall–Kier alpha value is -2.60. The number of ether oxygens (including phenoxy) is 2. The lowest BCUT2D eigenvalue weighted by atomic mass is 9.95. The molecule has 30 heavy (non-hydrogen) atoms. The number of aryl methyl sites for hydroxylation is 1. The summed E-state index contributed by atoms with van der Waals surface area (Å²) in [5.74, 6) is 1.46. The van der Waals surface area contributed by atoms with Gasteiger partial charge >= 0.3 is 0 Å². The molecule has 0 aromatic heterocycles. The molecule has 0 atom stereocenters. The number of methoxy groups -OCH3 is 2. The summed E-state index contributed by atoms with van der Waals surface area (Å²) in [4.78, 5) is 14.7. The fourth-order valence-electron chi connectivity index (χ4n) is 3.91. The van der Waals surface area contributed by atoms with Crippen LogP contribution < -0.4 is 14.8 Å². The van der Waals surface area contributed by atoms with Gasteiger partial charge in [-0.3, -0.25) is 9.69 Å². The number of nitrogens with zero attached hydrogens (tertiary/aromatic N) is 1. The van der Waals surface area contributed by atoms with Gasteiger partial charge in [-0.25, -0.2) is 4.39 Å². The summed E-state index contributed by atoms with van der Waals surface area (Å²) in [6.07, 6.45) is 3.36. The van der Waals surface area contributed by atoms with E-state index in [2.05, 4.69) is 10.2 Å². The van der Waals surface area contributed by atoms with Crippen molar-refractivity contribution in [1.82, 2.24) is 10.2 Å². The van der Waals surface area contributed by atoms with Gasteiger partial charge < -0.3 is 14.8 Å². The number of benzene rings is 2. The van der Waals surface area contributed by atoms with Gasteiger partial charge in [-0.05, 0) is 62.5 Å². The van der Waals surface area contributed by atoms with Gasteiger partial charge in [-0.15, -0.1) is 0 Å². The molecule has 0 aliphatic carbocycles. The number of hydrogen-bond donors (Lipinski definition) is 1. The molecule has 1 fully saturated rings. The Morgan fingerprint density at radius 2 is 1.83 bits per heavy atom. The van der Waals surface area contributed by atoms with Gasteiger partial charge in [0.05, 0.1) is 14.2 Å². The summed E-state index contributed by atoms with van der Waals surface area (Å²) < 4.78 is 24.4. The Labute approximate surface area is 178 Å². The lowest BCUT2D eigenvalue weighted by Crippen LogP contribution is -2.40. The van der Waals surface area contributed by atoms with Crippen molar-refractivity contribution in [3.05, 3.63) is 59.4 Å². The first-order valence-electron chi connectivity index (χ1n) is 10.5. The molecule has 1 N–H and O–H groups in total. The van der Waals surface area contributed by atoms with Crippen molar-refractivity contribution in [3.8, 4) is 11.5 Å². The molecule has 1 saturated heterocycles. The number of likely N-dealkylation sites (tertiary alicyclic amines) is 1. The van der Waals surface area contributed by atoms with Crippen LogP contribution in [0.2, 0.25) is 0 Å². The maximum atomic E-state index is 13.8. The summed E-state index contributed by atoms with van der Waals surface area (Å²) in [5, 5.41) is 3.07. The minimum absolute atomic E-state index is 0.0444. The van der Waals surface area contributed by atoms with Crippen LogP contribution in [0.3, 0.4) is 0 Å². The molecule has 3 rings (SSSR count). The predicted molar refractivity (Wildman–Crippen MR) is 115 cm³/mol. The fourth-order valence-corrected chi connectivity index (χ4v) is 3.91. The molecule has 6 heteroatoms. The highest BCUT2D eigenvalue weighted by atomic mass is 19.1. The van der Waals surface area contributed by atoms with Gasteiger partial charge in [0.1, 0.15) is 5.82 Å². The van der Waals surface area contributed by atoms with Gasteiger partial charge in [-0.2, -0.15) is 0 Å². The number of carbonyl (C=O) groups is 1. The third-order valence-corrected chi connectivity index (χ3v) is 5.70. The monoisotopic (exact) mass is 414 g/mol. The minimum Gasteiger partial charge on any atom is -0.493 e. The molecule has 0 bridgehead atoms. The van der Waals surface area contributed by atoms with Crippen LogP contribution in [0.1, 0.15) is 30.4 Å². The minimum atomic E-state index is -0.160. The molecule has 1 aliphatic rings. The van der Waals surface area contributed by atoms with Crippen LogP contribution >= 0.6 is 0 Å². The maximum Gasteiger partial charge on any atom is 0.223 e. The molecular weight excluding hydrogens is 383 g/mol. The molecule has 0 unspecified atom stereocenters. The van der Waals surface area contributed by atoms with Crippen molar-refractivity contribution >= 4 is 5.91 Å². The van der Waals surface area contributed by atoms with Crippen molar-refractivity contribution in [3.63, 3.8) is 0 Å². The van der Waals surface area contributed by atoms with E-state index in [-0.39, 0.29) is 17.6 Å². The number of piperidine rings is 1. The van der Waals surface area contributed by atoms with Crippen molar-refractivity contribution < 1.29 is 18.7 Å². The first-order chi connectivity index (χ1) is 14.6. The van der Waals surface area contributed by atoms with Crippen LogP contribution in [0, 0.1) is 11.7 Å². The van der Waals surface area contributed by atoms with E-state index in [0.717, 1.165) is 61.4 Å². The second-order valence-electron chi connectivity index (χ2n) is 7.73. The Morgan fingerprint density at radius 3 is 2.53 bits per heavy atom. The summed E-state index contributed by atoms with van der Waals surface area (Å²) in [5.41, 5.74) is 1.87. The third kappa shape index (κ3) is 5.95. The topological polar surface area (TPSA) is 50.8 Å². The average Bonchev–Trinajstić information content (AvgIpc) is 2.78. The zero-order valence-corrected chi connectivity index (χ0v) is 17.8. The smallest absolute Gasteiger partial charge is 0.223 e. The average molecular weight is 415 g/mol. The van der Waals surface area contributed by atoms with Crippen LogP contribution in [0.25, 0.3) is 0 Å². The Balaban J connectivity index is 1.36. The van der Waals surface area contributed by atoms with Crippen molar-refractivity contribution in [2.75, 3.05) is 33.9 Å². The highest BCUT2D eigenvalue weighted by Crippen LogP contribution is 2.28. The SMILES string of the molecule is COc1ccc(CCCNC(=O)C2CCN(Cc3ccccc3F)CC2)cc1OC. The normalized spacial score (nSPS) is 15.0. The van der Waals surface area contributed by atoms with E-state index in [1.54, 1.807) is 20.3 Å². The van der Waals surface area contributed by atoms with Crippen LogP contribution in [0.15, 0.2) is 42.5 Å². The summed E-state index contributed by atoms with van der Waals surface area (Å²) in [7, 11) is 3.25. The van der Waals surface area contributed by atoms with Gasteiger partial charge in [0, 0.05) is 24.6 Å². The van der Waals surface area contributed by atoms with E-state index in [1.807, 2.05) is 30.3 Å². The molecule has 1 amide bonds. The van der Waals surface area contributed by atoms with E-state index in [1.165, 1.54) is 6.07 Å². The molecule has 0 spiro atoms. The second-order valence-corrected chi connectivity index (χ2v) is 7.73. The number of carbonyl (C=O) groups excluding carboxylic acids is 1. The lowest BCUT2D eigenvalue weighted by Gasteiger charge is -2.31. The highest BCUT2D eigenvalue weighted by molar-refractivity contribution is 5.78. The molecule has 2 aromatic carbocycles. The first-order valence-corrected chi connectivity index (χ1v) is 10.5. The molecule has 1 heterocycles. The van der Waals surface area contributed by atoms with Crippen molar-refractivity contribution in [2.24, 2.45) is 5.92 Å². The molecular formula is C24H31FN2O3. The third-order valence-electron chi connectivity index (χ3n) is 5.70. The lowest BCUT2D eigenvalue weighted by molar-refractivity contribution is -0.126. The zero-order chi connectivity index (χ0) is 21.3. The van der Waals surface area contributed by atoms with E-state index in [4.69, 9.17) is 9.47 Å². The fraction of sp³-hybridized carbons (Fsp3) is 0.458. The van der Waals surface area contributed by atoms with Gasteiger partial charge in [0.15, 0.2) is 11.5 Å². The van der Waals surface area contributed by atoms with Crippen LogP contribution in [-0.2, 0) is 17.8 Å². The molecule has 1 aliphatic heterocycles. The standard InChI is InChI=1S/C24H31FN2O3/c1-29-22-10-9-18(16-23(22)30-2)6-5-13-26-24(28)19-11-14-27(15-12-19)17-20-7-3-4-8-21(20)25/h3-4,7-10,16,19H,5-6,11-15,17H2,1-2H3,(H,26,28). The van der Waals surface area contributed by atoms with Crippen LogP contribution in [-0.4, -0.2) is 44.7 Å². The second kappa shape index (κ2) is 11.0. The molecule has 162 valence electrons. The Bertz CT molecular complexity index is 835.